The Labute approximate surface area is 98.8 Å². The molecular weight excluding hydrogens is 220 g/mol. The summed E-state index contributed by atoms with van der Waals surface area (Å²) in [5.41, 5.74) is 0.876. The fourth-order valence-corrected chi connectivity index (χ4v) is 1.46. The van der Waals surface area contributed by atoms with E-state index in [1.165, 1.54) is 7.11 Å². The highest BCUT2D eigenvalue weighted by Gasteiger charge is 2.11. The number of benzene rings is 1. The third-order valence-corrected chi connectivity index (χ3v) is 2.37. The average Bonchev–Trinajstić information content (AvgIpc) is 2.87. The molecule has 2 aromatic rings. The predicted octanol–water partition coefficient (Wildman–Crippen LogP) is 2.74. The first-order valence-corrected chi connectivity index (χ1v) is 5.07. The van der Waals surface area contributed by atoms with Gasteiger partial charge in [-0.3, -0.25) is 0 Å². The Hall–Kier alpha value is -2.23. The van der Waals surface area contributed by atoms with Crippen molar-refractivity contribution in [2.24, 2.45) is 0 Å². The molecule has 1 heterocycles. The Morgan fingerprint density at radius 3 is 2.35 bits per heavy atom. The van der Waals surface area contributed by atoms with Gasteiger partial charge in [0, 0.05) is 5.56 Å². The van der Waals surface area contributed by atoms with Gasteiger partial charge in [0.25, 0.3) is 0 Å². The summed E-state index contributed by atoms with van der Waals surface area (Å²) in [7, 11) is 2.93. The van der Waals surface area contributed by atoms with Crippen LogP contribution in [0.3, 0.4) is 0 Å². The van der Waals surface area contributed by atoms with Crippen molar-refractivity contribution in [3.63, 3.8) is 0 Å². The van der Waals surface area contributed by atoms with Crippen LogP contribution in [0.25, 0.3) is 11.3 Å². The predicted molar refractivity (Wildman–Crippen MR) is 62.0 cm³/mol. The molecule has 17 heavy (non-hydrogen) atoms. The lowest BCUT2D eigenvalue weighted by Crippen LogP contribution is -1.98. The molecule has 0 saturated heterocycles. The van der Waals surface area contributed by atoms with Crippen molar-refractivity contribution < 1.29 is 18.7 Å². The van der Waals surface area contributed by atoms with Crippen LogP contribution in [0.5, 0.6) is 5.75 Å². The number of methoxy groups -OCH3 is 2. The molecular formula is C13H12O4. The van der Waals surface area contributed by atoms with Crippen LogP contribution in [-0.4, -0.2) is 20.2 Å². The largest absolute Gasteiger partial charge is 0.497 e. The second-order valence-electron chi connectivity index (χ2n) is 3.38. The second-order valence-corrected chi connectivity index (χ2v) is 3.38. The molecule has 0 unspecified atom stereocenters. The standard InChI is InChI=1S/C13H12O4/c1-15-10-5-3-9(4-6-10)11-7-8-12(17-11)13(14)16-2/h3-8H,1-2H3. The normalized spacial score (nSPS) is 10.0. The van der Waals surface area contributed by atoms with Crippen molar-refractivity contribution >= 4 is 5.97 Å². The highest BCUT2D eigenvalue weighted by atomic mass is 16.5. The summed E-state index contributed by atoms with van der Waals surface area (Å²) < 4.78 is 15.0. The number of carbonyl (C=O) groups is 1. The minimum Gasteiger partial charge on any atom is -0.497 e. The molecule has 0 amide bonds. The van der Waals surface area contributed by atoms with E-state index in [9.17, 15) is 4.79 Å². The lowest BCUT2D eigenvalue weighted by atomic mass is 10.2. The maximum Gasteiger partial charge on any atom is 0.373 e. The van der Waals surface area contributed by atoms with Crippen molar-refractivity contribution in [1.29, 1.82) is 0 Å². The third-order valence-electron chi connectivity index (χ3n) is 2.37. The summed E-state index contributed by atoms with van der Waals surface area (Å²) in [6.07, 6.45) is 0. The van der Waals surface area contributed by atoms with E-state index in [1.54, 1.807) is 19.2 Å². The smallest absolute Gasteiger partial charge is 0.373 e. The summed E-state index contributed by atoms with van der Waals surface area (Å²) in [5, 5.41) is 0. The molecule has 0 aliphatic heterocycles. The van der Waals surface area contributed by atoms with Gasteiger partial charge in [0.05, 0.1) is 14.2 Å². The van der Waals surface area contributed by atoms with Gasteiger partial charge in [-0.1, -0.05) is 0 Å². The first kappa shape index (κ1) is 11.3. The zero-order valence-electron chi connectivity index (χ0n) is 9.60. The Morgan fingerprint density at radius 1 is 1.06 bits per heavy atom. The molecule has 0 aliphatic rings. The fourth-order valence-electron chi connectivity index (χ4n) is 1.46. The third kappa shape index (κ3) is 2.30. The Morgan fingerprint density at radius 2 is 1.76 bits per heavy atom. The number of ether oxygens (including phenoxy) is 2. The first-order chi connectivity index (χ1) is 8.24. The second kappa shape index (κ2) is 4.74. The molecule has 0 radical (unpaired) electrons. The minimum absolute atomic E-state index is 0.193. The van der Waals surface area contributed by atoms with E-state index < -0.39 is 5.97 Å². The van der Waals surface area contributed by atoms with Crippen LogP contribution in [0, 0.1) is 0 Å². The molecule has 2 rings (SSSR count). The van der Waals surface area contributed by atoms with Gasteiger partial charge < -0.3 is 13.9 Å². The van der Waals surface area contributed by atoms with Gasteiger partial charge >= 0.3 is 5.97 Å². The van der Waals surface area contributed by atoms with Gasteiger partial charge in [0.2, 0.25) is 5.76 Å². The van der Waals surface area contributed by atoms with Gasteiger partial charge in [-0.25, -0.2) is 4.79 Å². The van der Waals surface area contributed by atoms with Crippen molar-refractivity contribution in [3.8, 4) is 17.1 Å². The molecule has 1 aromatic carbocycles. The summed E-state index contributed by atoms with van der Waals surface area (Å²) in [6.45, 7) is 0. The van der Waals surface area contributed by atoms with Gasteiger partial charge in [-0.05, 0) is 36.4 Å². The SMILES string of the molecule is COC(=O)c1ccc(-c2ccc(OC)cc2)o1. The Bertz CT molecular complexity index is 510. The van der Waals surface area contributed by atoms with E-state index in [0.29, 0.717) is 5.76 Å². The van der Waals surface area contributed by atoms with Crippen LogP contribution in [-0.2, 0) is 4.74 Å². The molecule has 4 nitrogen and oxygen atoms in total. The lowest BCUT2D eigenvalue weighted by Gasteiger charge is -2.00. The Balaban J connectivity index is 2.27. The summed E-state index contributed by atoms with van der Waals surface area (Å²) in [5.74, 6) is 1.10. The average molecular weight is 232 g/mol. The molecule has 4 heteroatoms. The zero-order chi connectivity index (χ0) is 12.3. The van der Waals surface area contributed by atoms with Crippen LogP contribution in [0.15, 0.2) is 40.8 Å². The van der Waals surface area contributed by atoms with Crippen molar-refractivity contribution in [2.45, 2.75) is 0 Å². The number of hydrogen-bond donors (Lipinski definition) is 0. The van der Waals surface area contributed by atoms with Gasteiger partial charge in [-0.2, -0.15) is 0 Å². The monoisotopic (exact) mass is 232 g/mol. The molecule has 0 saturated carbocycles. The number of rotatable bonds is 3. The maximum atomic E-state index is 11.2. The van der Waals surface area contributed by atoms with Crippen LogP contribution in [0.1, 0.15) is 10.6 Å². The molecule has 0 aliphatic carbocycles. The van der Waals surface area contributed by atoms with Gasteiger partial charge in [-0.15, -0.1) is 0 Å². The van der Waals surface area contributed by atoms with E-state index in [-0.39, 0.29) is 5.76 Å². The van der Waals surface area contributed by atoms with Crippen LogP contribution in [0.2, 0.25) is 0 Å². The van der Waals surface area contributed by atoms with Crippen LogP contribution < -0.4 is 4.74 Å². The molecule has 0 atom stereocenters. The topological polar surface area (TPSA) is 48.7 Å². The summed E-state index contributed by atoms with van der Waals surface area (Å²) in [6, 6.07) is 10.7. The molecule has 0 bridgehead atoms. The van der Waals surface area contributed by atoms with Crippen molar-refractivity contribution in [3.05, 3.63) is 42.2 Å². The van der Waals surface area contributed by atoms with Crippen molar-refractivity contribution in [1.82, 2.24) is 0 Å². The fraction of sp³-hybridized carbons (Fsp3) is 0.154. The highest BCUT2D eigenvalue weighted by Crippen LogP contribution is 2.24. The van der Waals surface area contributed by atoms with E-state index in [0.717, 1.165) is 11.3 Å². The van der Waals surface area contributed by atoms with E-state index >= 15 is 0 Å². The molecule has 0 spiro atoms. The summed E-state index contributed by atoms with van der Waals surface area (Å²) >= 11 is 0. The van der Waals surface area contributed by atoms with Crippen molar-refractivity contribution in [2.75, 3.05) is 14.2 Å². The number of furan rings is 1. The highest BCUT2D eigenvalue weighted by molar-refractivity contribution is 5.87. The van der Waals surface area contributed by atoms with Crippen LogP contribution >= 0.6 is 0 Å². The molecule has 88 valence electrons. The molecule has 1 aromatic heterocycles. The number of hydrogen-bond acceptors (Lipinski definition) is 4. The van der Waals surface area contributed by atoms with E-state index in [1.807, 2.05) is 24.3 Å². The Kier molecular flexibility index (Phi) is 3.14. The lowest BCUT2D eigenvalue weighted by molar-refractivity contribution is 0.0566. The zero-order valence-corrected chi connectivity index (χ0v) is 9.60. The maximum absolute atomic E-state index is 11.2. The van der Waals surface area contributed by atoms with Crippen LogP contribution in [0.4, 0.5) is 0 Å². The summed E-state index contributed by atoms with van der Waals surface area (Å²) in [4.78, 5) is 11.2. The van der Waals surface area contributed by atoms with Gasteiger partial charge in [0.1, 0.15) is 11.5 Å². The minimum atomic E-state index is -0.482. The van der Waals surface area contributed by atoms with E-state index in [2.05, 4.69) is 4.74 Å². The van der Waals surface area contributed by atoms with Gasteiger partial charge in [0.15, 0.2) is 0 Å². The van der Waals surface area contributed by atoms with E-state index in [4.69, 9.17) is 9.15 Å². The quantitative estimate of drug-likeness (QED) is 0.763. The molecule has 0 N–H and O–H groups in total. The number of carbonyl (C=O) groups excluding carboxylic acids is 1. The number of esters is 1. The first-order valence-electron chi connectivity index (χ1n) is 5.07. The molecule has 0 fully saturated rings.